The number of rotatable bonds is 0. The highest BCUT2D eigenvalue weighted by Gasteiger charge is 2.25. The van der Waals surface area contributed by atoms with E-state index in [4.69, 9.17) is 0 Å². The summed E-state index contributed by atoms with van der Waals surface area (Å²) in [5.74, 6) is 0.816. The summed E-state index contributed by atoms with van der Waals surface area (Å²) in [6.07, 6.45) is 5.33. The molecular weight excluding hydrogens is 250 g/mol. The van der Waals surface area contributed by atoms with Crippen molar-refractivity contribution in [2.75, 3.05) is 6.54 Å². The van der Waals surface area contributed by atoms with Crippen molar-refractivity contribution in [1.82, 2.24) is 5.32 Å². The van der Waals surface area contributed by atoms with Gasteiger partial charge in [0.05, 0.1) is 0 Å². The van der Waals surface area contributed by atoms with Gasteiger partial charge in [-0.1, -0.05) is 22.0 Å². The van der Waals surface area contributed by atoms with E-state index in [1.807, 2.05) is 0 Å². The lowest BCUT2D eigenvalue weighted by Gasteiger charge is -2.27. The molecule has 80 valence electrons. The predicted molar refractivity (Wildman–Crippen MR) is 66.1 cm³/mol. The largest absolute Gasteiger partial charge is 0.313 e. The van der Waals surface area contributed by atoms with Gasteiger partial charge >= 0.3 is 0 Å². The minimum absolute atomic E-state index is 0.816. The van der Waals surface area contributed by atoms with Gasteiger partial charge in [-0.25, -0.2) is 0 Å². The van der Waals surface area contributed by atoms with Gasteiger partial charge in [-0.3, -0.25) is 0 Å². The number of halogens is 1. The maximum absolute atomic E-state index is 3.70. The second kappa shape index (κ2) is 3.91. The third-order valence-electron chi connectivity index (χ3n) is 3.76. The first kappa shape index (κ1) is 9.86. The first-order valence-electron chi connectivity index (χ1n) is 5.87. The summed E-state index contributed by atoms with van der Waals surface area (Å²) < 4.78 is 1.33. The maximum atomic E-state index is 3.70. The summed E-state index contributed by atoms with van der Waals surface area (Å²) in [4.78, 5) is 0. The molecule has 0 radical (unpaired) electrons. The van der Waals surface area contributed by atoms with Crippen molar-refractivity contribution in [3.8, 4) is 0 Å². The first-order valence-corrected chi connectivity index (χ1v) is 6.66. The fraction of sp³-hybridized carbons (Fsp3) is 0.538. The Morgan fingerprint density at radius 2 is 2.20 bits per heavy atom. The lowest BCUT2D eigenvalue weighted by Crippen LogP contribution is -2.12. The molecule has 1 N–H and O–H groups in total. The van der Waals surface area contributed by atoms with Crippen molar-refractivity contribution < 1.29 is 0 Å². The molecule has 0 saturated carbocycles. The lowest BCUT2D eigenvalue weighted by atomic mass is 9.79. The number of benzene rings is 1. The normalized spacial score (nSPS) is 24.5. The summed E-state index contributed by atoms with van der Waals surface area (Å²) in [6, 6.07) is 4.52. The van der Waals surface area contributed by atoms with Crippen molar-refractivity contribution in [1.29, 1.82) is 0 Å². The highest BCUT2D eigenvalue weighted by molar-refractivity contribution is 9.10. The van der Waals surface area contributed by atoms with Crippen LogP contribution in [0.3, 0.4) is 0 Å². The molecule has 1 aliphatic heterocycles. The number of hydrogen-bond acceptors (Lipinski definition) is 1. The van der Waals surface area contributed by atoms with Gasteiger partial charge in [0.1, 0.15) is 0 Å². The summed E-state index contributed by atoms with van der Waals surface area (Å²) in [5.41, 5.74) is 4.79. The van der Waals surface area contributed by atoms with E-state index in [0.717, 1.165) is 12.5 Å². The summed E-state index contributed by atoms with van der Waals surface area (Å²) >= 11 is 3.70. The van der Waals surface area contributed by atoms with Gasteiger partial charge in [-0.05, 0) is 60.9 Å². The molecule has 1 nitrogen and oxygen atoms in total. The van der Waals surface area contributed by atoms with Crippen LogP contribution in [-0.2, 0) is 13.0 Å². The standard InChI is InChI=1S/C13H16BrN/c14-12-5-4-10-8-15-7-6-9-2-1-3-11(12)13(9)10/h4-5,9,15H,1-3,6-8H2. The van der Waals surface area contributed by atoms with Crippen LogP contribution >= 0.6 is 15.9 Å². The fourth-order valence-electron chi connectivity index (χ4n) is 3.06. The minimum atomic E-state index is 0.816. The van der Waals surface area contributed by atoms with Gasteiger partial charge in [0.15, 0.2) is 0 Å². The Morgan fingerprint density at radius 3 is 3.13 bits per heavy atom. The third kappa shape index (κ3) is 1.64. The highest BCUT2D eigenvalue weighted by atomic mass is 79.9. The average Bonchev–Trinajstić information content (AvgIpc) is 2.47. The van der Waals surface area contributed by atoms with Crippen LogP contribution in [0, 0.1) is 0 Å². The van der Waals surface area contributed by atoms with E-state index >= 15 is 0 Å². The molecule has 2 aliphatic rings. The van der Waals surface area contributed by atoms with Crippen molar-refractivity contribution in [2.24, 2.45) is 0 Å². The average molecular weight is 266 g/mol. The molecule has 0 amide bonds. The summed E-state index contributed by atoms with van der Waals surface area (Å²) in [5, 5.41) is 3.53. The molecule has 0 spiro atoms. The smallest absolute Gasteiger partial charge is 0.0210 e. The first-order chi connectivity index (χ1) is 7.36. The molecule has 1 atom stereocenters. The third-order valence-corrected chi connectivity index (χ3v) is 4.51. The van der Waals surface area contributed by atoms with Crippen LogP contribution in [0.15, 0.2) is 16.6 Å². The Hall–Kier alpha value is -0.340. The summed E-state index contributed by atoms with van der Waals surface area (Å²) in [6.45, 7) is 2.24. The van der Waals surface area contributed by atoms with Crippen LogP contribution in [0.2, 0.25) is 0 Å². The molecule has 1 aliphatic carbocycles. The van der Waals surface area contributed by atoms with Crippen LogP contribution in [0.1, 0.15) is 41.9 Å². The Morgan fingerprint density at radius 1 is 1.27 bits per heavy atom. The zero-order chi connectivity index (χ0) is 10.3. The second-order valence-corrected chi connectivity index (χ2v) is 5.51. The molecule has 0 bridgehead atoms. The van der Waals surface area contributed by atoms with Gasteiger partial charge in [0.2, 0.25) is 0 Å². The van der Waals surface area contributed by atoms with E-state index in [-0.39, 0.29) is 0 Å². The highest BCUT2D eigenvalue weighted by Crippen LogP contribution is 2.40. The molecule has 0 fully saturated rings. The zero-order valence-electron chi connectivity index (χ0n) is 8.85. The Bertz CT molecular complexity index is 386. The topological polar surface area (TPSA) is 12.0 Å². The van der Waals surface area contributed by atoms with Gasteiger partial charge in [-0.15, -0.1) is 0 Å². The SMILES string of the molecule is Brc1ccc2c3c1CCCC3CCNC2. The molecule has 0 aromatic heterocycles. The predicted octanol–water partition coefficient (Wildman–Crippen LogP) is 3.36. The van der Waals surface area contributed by atoms with Crippen molar-refractivity contribution in [2.45, 2.75) is 38.1 Å². The van der Waals surface area contributed by atoms with E-state index in [1.54, 1.807) is 11.1 Å². The van der Waals surface area contributed by atoms with E-state index in [1.165, 1.54) is 42.3 Å². The number of nitrogens with one attached hydrogen (secondary N) is 1. The minimum Gasteiger partial charge on any atom is -0.313 e. The molecule has 0 saturated heterocycles. The quantitative estimate of drug-likeness (QED) is 0.759. The molecule has 15 heavy (non-hydrogen) atoms. The second-order valence-electron chi connectivity index (χ2n) is 4.65. The Kier molecular flexibility index (Phi) is 2.57. The number of hydrogen-bond donors (Lipinski definition) is 1. The fourth-order valence-corrected chi connectivity index (χ4v) is 3.61. The zero-order valence-corrected chi connectivity index (χ0v) is 10.4. The Labute approximate surface area is 99.4 Å². The van der Waals surface area contributed by atoms with Crippen molar-refractivity contribution in [3.63, 3.8) is 0 Å². The molecule has 1 aromatic rings. The molecule has 3 rings (SSSR count). The van der Waals surface area contributed by atoms with Crippen LogP contribution in [0.25, 0.3) is 0 Å². The summed E-state index contributed by atoms with van der Waals surface area (Å²) in [7, 11) is 0. The van der Waals surface area contributed by atoms with Crippen molar-refractivity contribution in [3.05, 3.63) is 33.3 Å². The molecule has 2 heteroatoms. The van der Waals surface area contributed by atoms with E-state index in [0.29, 0.717) is 0 Å². The van der Waals surface area contributed by atoms with E-state index in [2.05, 4.69) is 33.4 Å². The van der Waals surface area contributed by atoms with E-state index < -0.39 is 0 Å². The molecule has 1 unspecified atom stereocenters. The monoisotopic (exact) mass is 265 g/mol. The van der Waals surface area contributed by atoms with E-state index in [9.17, 15) is 0 Å². The van der Waals surface area contributed by atoms with Crippen molar-refractivity contribution >= 4 is 15.9 Å². The molecule has 1 heterocycles. The molecule has 1 aromatic carbocycles. The van der Waals surface area contributed by atoms with Crippen LogP contribution in [0.5, 0.6) is 0 Å². The van der Waals surface area contributed by atoms with Crippen LogP contribution < -0.4 is 5.32 Å². The van der Waals surface area contributed by atoms with Gasteiger partial charge in [0.25, 0.3) is 0 Å². The van der Waals surface area contributed by atoms with Gasteiger partial charge < -0.3 is 5.32 Å². The van der Waals surface area contributed by atoms with Crippen LogP contribution in [0.4, 0.5) is 0 Å². The van der Waals surface area contributed by atoms with Gasteiger partial charge in [-0.2, -0.15) is 0 Å². The molecular formula is C13H16BrN. The van der Waals surface area contributed by atoms with Crippen LogP contribution in [-0.4, -0.2) is 6.54 Å². The lowest BCUT2D eigenvalue weighted by molar-refractivity contribution is 0.517. The Balaban J connectivity index is 2.18. The maximum Gasteiger partial charge on any atom is 0.0210 e. The van der Waals surface area contributed by atoms with Gasteiger partial charge in [0, 0.05) is 11.0 Å².